The van der Waals surface area contributed by atoms with E-state index in [0.29, 0.717) is 11.1 Å². The van der Waals surface area contributed by atoms with Gasteiger partial charge in [-0.15, -0.1) is 0 Å². The van der Waals surface area contributed by atoms with Gasteiger partial charge >= 0.3 is 0 Å². The van der Waals surface area contributed by atoms with Crippen molar-refractivity contribution in [2.75, 3.05) is 0 Å². The van der Waals surface area contributed by atoms with Crippen molar-refractivity contribution in [3.05, 3.63) is 57.6 Å². The molecule has 0 aliphatic heterocycles. The van der Waals surface area contributed by atoms with Gasteiger partial charge in [-0.25, -0.2) is 5.43 Å². The second kappa shape index (κ2) is 6.41. The Morgan fingerprint density at radius 2 is 2.00 bits per heavy atom. The summed E-state index contributed by atoms with van der Waals surface area (Å²) in [7, 11) is 0. The summed E-state index contributed by atoms with van der Waals surface area (Å²) in [5, 5.41) is 22.5. The normalized spacial score (nSPS) is 10.8. The van der Waals surface area contributed by atoms with Crippen LogP contribution in [0.3, 0.4) is 0 Å². The van der Waals surface area contributed by atoms with Crippen molar-refractivity contribution in [1.29, 1.82) is 0 Å². The first-order valence-corrected chi connectivity index (χ1v) is 6.88. The molecule has 6 heteroatoms. The minimum Gasteiger partial charge on any atom is -0.508 e. The Labute approximate surface area is 130 Å². The van der Waals surface area contributed by atoms with E-state index in [-0.39, 0.29) is 17.4 Å². The number of rotatable bonds is 3. The largest absolute Gasteiger partial charge is 0.508 e. The van der Waals surface area contributed by atoms with Crippen LogP contribution in [0.25, 0.3) is 0 Å². The second-order valence-corrected chi connectivity index (χ2v) is 5.26. The second-order valence-electron chi connectivity index (χ2n) is 4.41. The smallest absolute Gasteiger partial charge is 0.271 e. The molecule has 0 saturated carbocycles. The van der Waals surface area contributed by atoms with E-state index in [0.717, 1.165) is 10.0 Å². The standard InChI is InChI=1S/C15H13BrN2O3/c1-9-2-3-10(6-13(9)16)15(21)18-17-8-11-4-5-12(19)7-14(11)20/h2-8,19-20H,1H3,(H,18,21)/b17-8+. The van der Waals surface area contributed by atoms with Crippen LogP contribution >= 0.6 is 15.9 Å². The topological polar surface area (TPSA) is 81.9 Å². The number of phenolic OH excluding ortho intramolecular Hbond substituents is 2. The minimum absolute atomic E-state index is 0.0433. The van der Waals surface area contributed by atoms with Gasteiger partial charge in [0.1, 0.15) is 11.5 Å². The molecule has 0 heterocycles. The Morgan fingerprint density at radius 1 is 1.24 bits per heavy atom. The first-order chi connectivity index (χ1) is 9.97. The maximum atomic E-state index is 11.9. The Morgan fingerprint density at radius 3 is 2.67 bits per heavy atom. The van der Waals surface area contributed by atoms with Crippen LogP contribution in [0.1, 0.15) is 21.5 Å². The number of hydrazone groups is 1. The van der Waals surface area contributed by atoms with E-state index in [1.165, 1.54) is 24.4 Å². The molecule has 21 heavy (non-hydrogen) atoms. The molecule has 0 aromatic heterocycles. The number of aromatic hydroxyl groups is 2. The zero-order chi connectivity index (χ0) is 15.4. The number of amides is 1. The average Bonchev–Trinajstić information content (AvgIpc) is 2.44. The molecule has 0 aliphatic rings. The summed E-state index contributed by atoms with van der Waals surface area (Å²) in [4.78, 5) is 11.9. The van der Waals surface area contributed by atoms with E-state index in [2.05, 4.69) is 26.5 Å². The van der Waals surface area contributed by atoms with Crippen molar-refractivity contribution in [3.63, 3.8) is 0 Å². The molecule has 0 atom stereocenters. The van der Waals surface area contributed by atoms with Crippen LogP contribution in [0.2, 0.25) is 0 Å². The predicted molar refractivity (Wildman–Crippen MR) is 83.7 cm³/mol. The highest BCUT2D eigenvalue weighted by molar-refractivity contribution is 9.10. The highest BCUT2D eigenvalue weighted by atomic mass is 79.9. The molecular weight excluding hydrogens is 336 g/mol. The molecular formula is C15H13BrN2O3. The fraction of sp³-hybridized carbons (Fsp3) is 0.0667. The Bertz CT molecular complexity index is 714. The number of nitrogens with one attached hydrogen (secondary N) is 1. The number of hydrogen-bond acceptors (Lipinski definition) is 4. The van der Waals surface area contributed by atoms with Crippen molar-refractivity contribution in [1.82, 2.24) is 5.43 Å². The van der Waals surface area contributed by atoms with Crippen molar-refractivity contribution in [3.8, 4) is 11.5 Å². The quantitative estimate of drug-likeness (QED) is 0.589. The SMILES string of the molecule is Cc1ccc(C(=O)N/N=C/c2ccc(O)cc2O)cc1Br. The monoisotopic (exact) mass is 348 g/mol. The van der Waals surface area contributed by atoms with Crippen LogP contribution in [0.5, 0.6) is 11.5 Å². The van der Waals surface area contributed by atoms with Gasteiger partial charge in [0.15, 0.2) is 0 Å². The van der Waals surface area contributed by atoms with Gasteiger partial charge in [-0.3, -0.25) is 4.79 Å². The van der Waals surface area contributed by atoms with Gasteiger partial charge < -0.3 is 10.2 Å². The summed E-state index contributed by atoms with van der Waals surface area (Å²) in [5.41, 5.74) is 4.26. The van der Waals surface area contributed by atoms with Crippen LogP contribution in [-0.4, -0.2) is 22.3 Å². The van der Waals surface area contributed by atoms with E-state index in [4.69, 9.17) is 5.11 Å². The van der Waals surface area contributed by atoms with Crippen LogP contribution < -0.4 is 5.43 Å². The summed E-state index contributed by atoms with van der Waals surface area (Å²) in [6, 6.07) is 9.33. The van der Waals surface area contributed by atoms with Crippen LogP contribution in [0.4, 0.5) is 0 Å². The van der Waals surface area contributed by atoms with E-state index in [1.54, 1.807) is 12.1 Å². The summed E-state index contributed by atoms with van der Waals surface area (Å²) >= 11 is 3.36. The third kappa shape index (κ3) is 3.82. The number of benzene rings is 2. The maximum absolute atomic E-state index is 11.9. The van der Waals surface area contributed by atoms with Crippen LogP contribution in [0.15, 0.2) is 46.0 Å². The molecule has 2 aromatic carbocycles. The number of halogens is 1. The van der Waals surface area contributed by atoms with Gasteiger partial charge in [0.25, 0.3) is 5.91 Å². The van der Waals surface area contributed by atoms with E-state index < -0.39 is 0 Å². The number of nitrogens with zero attached hydrogens (tertiary/aromatic N) is 1. The van der Waals surface area contributed by atoms with Gasteiger partial charge in [0.05, 0.1) is 6.21 Å². The molecule has 0 aliphatic carbocycles. The molecule has 1 amide bonds. The number of carbonyl (C=O) groups excluding carboxylic acids is 1. The third-order valence-electron chi connectivity index (χ3n) is 2.82. The van der Waals surface area contributed by atoms with Gasteiger partial charge in [0.2, 0.25) is 0 Å². The molecule has 0 bridgehead atoms. The Kier molecular flexibility index (Phi) is 4.59. The average molecular weight is 349 g/mol. The lowest BCUT2D eigenvalue weighted by molar-refractivity contribution is 0.0955. The fourth-order valence-corrected chi connectivity index (χ4v) is 1.98. The molecule has 2 rings (SSSR count). The van der Waals surface area contributed by atoms with Gasteiger partial charge in [-0.05, 0) is 36.8 Å². The molecule has 0 radical (unpaired) electrons. The van der Waals surface area contributed by atoms with Crippen molar-refractivity contribution in [2.24, 2.45) is 5.10 Å². The Hall–Kier alpha value is -2.34. The summed E-state index contributed by atoms with van der Waals surface area (Å²) in [6.07, 6.45) is 1.30. The third-order valence-corrected chi connectivity index (χ3v) is 3.67. The predicted octanol–water partition coefficient (Wildman–Crippen LogP) is 2.93. The van der Waals surface area contributed by atoms with Crippen LogP contribution in [-0.2, 0) is 0 Å². The highest BCUT2D eigenvalue weighted by Gasteiger charge is 2.06. The summed E-state index contributed by atoms with van der Waals surface area (Å²) in [5.74, 6) is -0.519. The molecule has 0 spiro atoms. The minimum atomic E-state index is -0.356. The molecule has 0 fully saturated rings. The molecule has 0 saturated heterocycles. The Balaban J connectivity index is 2.06. The maximum Gasteiger partial charge on any atom is 0.271 e. The zero-order valence-corrected chi connectivity index (χ0v) is 12.8. The van der Waals surface area contributed by atoms with Crippen LogP contribution in [0, 0.1) is 6.92 Å². The molecule has 2 aromatic rings. The lowest BCUT2D eigenvalue weighted by Crippen LogP contribution is -2.17. The molecule has 5 nitrogen and oxygen atoms in total. The summed E-state index contributed by atoms with van der Waals surface area (Å²) < 4.78 is 0.843. The number of aryl methyl sites for hydroxylation is 1. The van der Waals surface area contributed by atoms with Crippen molar-refractivity contribution in [2.45, 2.75) is 6.92 Å². The van der Waals surface area contributed by atoms with Gasteiger partial charge in [-0.2, -0.15) is 5.10 Å². The number of hydrogen-bond donors (Lipinski definition) is 3. The van der Waals surface area contributed by atoms with Crippen molar-refractivity contribution < 1.29 is 15.0 Å². The summed E-state index contributed by atoms with van der Waals surface area (Å²) in [6.45, 7) is 1.93. The van der Waals surface area contributed by atoms with E-state index >= 15 is 0 Å². The first-order valence-electron chi connectivity index (χ1n) is 6.09. The lowest BCUT2D eigenvalue weighted by Gasteiger charge is -2.03. The number of phenols is 2. The molecule has 3 N–H and O–H groups in total. The highest BCUT2D eigenvalue weighted by Crippen LogP contribution is 2.21. The van der Waals surface area contributed by atoms with E-state index in [1.807, 2.05) is 13.0 Å². The lowest BCUT2D eigenvalue weighted by atomic mass is 10.1. The van der Waals surface area contributed by atoms with Crippen molar-refractivity contribution >= 4 is 28.1 Å². The molecule has 0 unspecified atom stereocenters. The fourth-order valence-electron chi connectivity index (χ4n) is 1.60. The molecule has 108 valence electrons. The number of carbonyl (C=O) groups is 1. The van der Waals surface area contributed by atoms with Gasteiger partial charge in [0, 0.05) is 21.7 Å². The van der Waals surface area contributed by atoms with Gasteiger partial charge in [-0.1, -0.05) is 22.0 Å². The zero-order valence-electron chi connectivity index (χ0n) is 11.2. The van der Waals surface area contributed by atoms with E-state index in [9.17, 15) is 9.90 Å². The first kappa shape index (κ1) is 15.1.